The molecule has 0 spiro atoms. The van der Waals surface area contributed by atoms with Crippen molar-refractivity contribution >= 4 is 5.91 Å². The molecule has 132 valence electrons. The quantitative estimate of drug-likeness (QED) is 0.811. The molecule has 1 amide bonds. The van der Waals surface area contributed by atoms with Crippen molar-refractivity contribution in [3.05, 3.63) is 46.1 Å². The van der Waals surface area contributed by atoms with Crippen LogP contribution in [0.25, 0.3) is 11.4 Å². The minimum absolute atomic E-state index is 0.0290. The van der Waals surface area contributed by atoms with Gasteiger partial charge >= 0.3 is 0 Å². The number of pyridine rings is 1. The Morgan fingerprint density at radius 2 is 2.24 bits per heavy atom. The minimum Gasteiger partial charge on any atom is -0.341 e. The van der Waals surface area contributed by atoms with Crippen molar-refractivity contribution < 1.29 is 4.79 Å². The highest BCUT2D eigenvalue weighted by atomic mass is 16.2. The average Bonchev–Trinajstić information content (AvgIpc) is 3.44. The molecule has 25 heavy (non-hydrogen) atoms. The van der Waals surface area contributed by atoms with Gasteiger partial charge in [0, 0.05) is 48.8 Å². The number of nitrogens with zero attached hydrogens (tertiary/aromatic N) is 3. The molecular weight excluding hydrogens is 318 g/mol. The first-order valence-electron chi connectivity index (χ1n) is 8.47. The Kier molecular flexibility index (Phi) is 4.94. The molecule has 2 heterocycles. The monoisotopic (exact) mass is 341 g/mol. The predicted molar refractivity (Wildman–Crippen MR) is 94.9 cm³/mol. The number of carbonyl (C=O) groups excluding carboxylic acids is 1. The molecule has 1 fully saturated rings. The summed E-state index contributed by atoms with van der Waals surface area (Å²) in [5, 5.41) is 0. The van der Waals surface area contributed by atoms with E-state index in [1.807, 2.05) is 6.07 Å². The molecule has 1 aliphatic rings. The SMILES string of the molecule is Cc1nc(-c2cccnc2)[nH]c(=O)c1CC(=O)N(C)C(CN)C1CC1. The summed E-state index contributed by atoms with van der Waals surface area (Å²) in [6, 6.07) is 3.65. The van der Waals surface area contributed by atoms with Crippen LogP contribution in [0.1, 0.15) is 24.1 Å². The van der Waals surface area contributed by atoms with Crippen LogP contribution in [-0.2, 0) is 11.2 Å². The summed E-state index contributed by atoms with van der Waals surface area (Å²) < 4.78 is 0. The summed E-state index contributed by atoms with van der Waals surface area (Å²) in [6.07, 6.45) is 5.55. The van der Waals surface area contributed by atoms with Crippen LogP contribution in [-0.4, -0.2) is 45.4 Å². The lowest BCUT2D eigenvalue weighted by Crippen LogP contribution is -2.44. The number of likely N-dealkylation sites (N-methyl/N-ethyl adjacent to an activating group) is 1. The maximum Gasteiger partial charge on any atom is 0.255 e. The van der Waals surface area contributed by atoms with E-state index in [-0.39, 0.29) is 23.9 Å². The van der Waals surface area contributed by atoms with Gasteiger partial charge in [0.25, 0.3) is 5.56 Å². The first-order valence-corrected chi connectivity index (χ1v) is 8.47. The molecule has 2 aromatic heterocycles. The fraction of sp³-hybridized carbons (Fsp3) is 0.444. The average molecular weight is 341 g/mol. The Hall–Kier alpha value is -2.54. The number of rotatable bonds is 6. The van der Waals surface area contributed by atoms with Gasteiger partial charge in [-0.1, -0.05) is 0 Å². The van der Waals surface area contributed by atoms with Crippen molar-refractivity contribution in [2.75, 3.05) is 13.6 Å². The minimum atomic E-state index is -0.288. The number of hydrogen-bond acceptors (Lipinski definition) is 5. The van der Waals surface area contributed by atoms with Gasteiger partial charge in [-0.15, -0.1) is 0 Å². The normalized spacial score (nSPS) is 15.0. The largest absolute Gasteiger partial charge is 0.341 e. The molecule has 1 aliphatic carbocycles. The molecule has 0 bridgehead atoms. The van der Waals surface area contributed by atoms with Gasteiger partial charge in [-0.25, -0.2) is 4.98 Å². The van der Waals surface area contributed by atoms with Crippen molar-refractivity contribution in [1.29, 1.82) is 0 Å². The molecule has 1 saturated carbocycles. The molecule has 0 aromatic carbocycles. The highest BCUT2D eigenvalue weighted by Crippen LogP contribution is 2.34. The molecule has 1 atom stereocenters. The van der Waals surface area contributed by atoms with Crippen LogP contribution in [0.2, 0.25) is 0 Å². The Labute approximate surface area is 146 Å². The first-order chi connectivity index (χ1) is 12.0. The Morgan fingerprint density at radius 3 is 2.80 bits per heavy atom. The van der Waals surface area contributed by atoms with Gasteiger partial charge in [0.2, 0.25) is 5.91 Å². The number of nitrogens with two attached hydrogens (primary N) is 1. The van der Waals surface area contributed by atoms with Crippen molar-refractivity contribution in [3.63, 3.8) is 0 Å². The third-order valence-electron chi connectivity index (χ3n) is 4.78. The molecular formula is C18H23N5O2. The molecule has 3 N–H and O–H groups in total. The number of hydrogen-bond donors (Lipinski definition) is 2. The van der Waals surface area contributed by atoms with Gasteiger partial charge in [0.05, 0.1) is 6.42 Å². The zero-order valence-corrected chi connectivity index (χ0v) is 14.5. The number of aromatic nitrogens is 3. The van der Waals surface area contributed by atoms with Crippen molar-refractivity contribution in [1.82, 2.24) is 19.9 Å². The molecule has 7 heteroatoms. The van der Waals surface area contributed by atoms with Crippen LogP contribution in [0.5, 0.6) is 0 Å². The maximum atomic E-state index is 12.6. The third kappa shape index (κ3) is 3.76. The smallest absolute Gasteiger partial charge is 0.255 e. The van der Waals surface area contributed by atoms with Crippen LogP contribution < -0.4 is 11.3 Å². The predicted octanol–water partition coefficient (Wildman–Crippen LogP) is 0.879. The van der Waals surface area contributed by atoms with Gasteiger partial charge in [-0.2, -0.15) is 0 Å². The molecule has 3 rings (SSSR count). The Balaban J connectivity index is 1.81. The van der Waals surface area contributed by atoms with E-state index in [1.165, 1.54) is 0 Å². The number of aromatic amines is 1. The summed E-state index contributed by atoms with van der Waals surface area (Å²) in [4.78, 5) is 38.0. The van der Waals surface area contributed by atoms with Crippen molar-refractivity contribution in [3.8, 4) is 11.4 Å². The highest BCUT2D eigenvalue weighted by molar-refractivity contribution is 5.79. The van der Waals surface area contributed by atoms with Crippen LogP contribution in [0.4, 0.5) is 0 Å². The van der Waals surface area contributed by atoms with E-state index in [2.05, 4.69) is 15.0 Å². The number of carbonyl (C=O) groups is 1. The highest BCUT2D eigenvalue weighted by Gasteiger charge is 2.34. The van der Waals surface area contributed by atoms with Gasteiger partial charge in [0.15, 0.2) is 0 Å². The summed E-state index contributed by atoms with van der Waals surface area (Å²) >= 11 is 0. The van der Waals surface area contributed by atoms with Crippen LogP contribution in [0, 0.1) is 12.8 Å². The van der Waals surface area contributed by atoms with E-state index < -0.39 is 0 Å². The Bertz CT molecular complexity index is 814. The molecule has 0 radical (unpaired) electrons. The summed E-state index contributed by atoms with van der Waals surface area (Å²) in [6.45, 7) is 2.19. The van der Waals surface area contributed by atoms with Gasteiger partial charge in [-0.3, -0.25) is 14.6 Å². The fourth-order valence-electron chi connectivity index (χ4n) is 3.07. The summed E-state index contributed by atoms with van der Waals surface area (Å²) in [5.41, 5.74) is 7.21. The van der Waals surface area contributed by atoms with Crippen LogP contribution in [0.3, 0.4) is 0 Å². The molecule has 0 aliphatic heterocycles. The zero-order chi connectivity index (χ0) is 18.0. The van der Waals surface area contributed by atoms with Crippen molar-refractivity contribution in [2.45, 2.75) is 32.2 Å². The molecule has 7 nitrogen and oxygen atoms in total. The number of amides is 1. The van der Waals surface area contributed by atoms with E-state index in [4.69, 9.17) is 5.73 Å². The molecule has 0 saturated heterocycles. The molecule has 2 aromatic rings. The second-order valence-corrected chi connectivity index (χ2v) is 6.54. The van der Waals surface area contributed by atoms with E-state index in [0.717, 1.165) is 18.4 Å². The third-order valence-corrected chi connectivity index (χ3v) is 4.78. The number of nitrogens with one attached hydrogen (secondary N) is 1. The van der Waals surface area contributed by atoms with E-state index in [0.29, 0.717) is 29.5 Å². The van der Waals surface area contributed by atoms with Gasteiger partial charge in [-0.05, 0) is 37.8 Å². The van der Waals surface area contributed by atoms with Crippen LogP contribution in [0.15, 0.2) is 29.3 Å². The van der Waals surface area contributed by atoms with Gasteiger partial charge in [0.1, 0.15) is 5.82 Å². The van der Waals surface area contributed by atoms with E-state index in [1.54, 1.807) is 37.3 Å². The lowest BCUT2D eigenvalue weighted by molar-refractivity contribution is -0.131. The first kappa shape index (κ1) is 17.3. The van der Waals surface area contributed by atoms with Crippen LogP contribution >= 0.6 is 0 Å². The number of H-pyrrole nitrogens is 1. The maximum absolute atomic E-state index is 12.6. The molecule has 1 unspecified atom stereocenters. The Morgan fingerprint density at radius 1 is 1.48 bits per heavy atom. The standard InChI is InChI=1S/C18H23N5O2/c1-11-14(8-16(24)23(2)15(9-19)12-5-6-12)18(25)22-17(21-11)13-4-3-7-20-10-13/h3-4,7,10,12,15H,5-6,8-9,19H2,1-2H3,(H,21,22,25). The van der Waals surface area contributed by atoms with Gasteiger partial charge < -0.3 is 15.6 Å². The lowest BCUT2D eigenvalue weighted by Gasteiger charge is -2.27. The topological polar surface area (TPSA) is 105 Å². The van der Waals surface area contributed by atoms with Crippen molar-refractivity contribution in [2.24, 2.45) is 11.7 Å². The van der Waals surface area contributed by atoms with E-state index >= 15 is 0 Å². The number of aryl methyl sites for hydroxylation is 1. The van der Waals surface area contributed by atoms with E-state index in [9.17, 15) is 9.59 Å². The summed E-state index contributed by atoms with van der Waals surface area (Å²) in [5.74, 6) is 0.842. The summed E-state index contributed by atoms with van der Waals surface area (Å²) in [7, 11) is 1.76. The lowest BCUT2D eigenvalue weighted by atomic mass is 10.1. The zero-order valence-electron chi connectivity index (χ0n) is 14.5. The second-order valence-electron chi connectivity index (χ2n) is 6.54. The fourth-order valence-corrected chi connectivity index (χ4v) is 3.07. The second kappa shape index (κ2) is 7.14.